The normalized spacial score (nSPS) is 11.8. The molecule has 0 radical (unpaired) electrons. The van der Waals surface area contributed by atoms with E-state index in [1.807, 2.05) is 6.07 Å². The standard InChI is InChI=1S/C20H24N2O5S/c1-14(12-16-6-9-18(26-2)19(13-16)27-3)20(23)22-11-10-15-4-7-17(8-5-15)28(21,24)25/h4-9,12-13H,10-11H2,1-3H3,(H,22,23)(H2,21,24,25)/b14-12+. The lowest BCUT2D eigenvalue weighted by atomic mass is 10.1. The second-order valence-corrected chi connectivity index (χ2v) is 7.70. The zero-order valence-corrected chi connectivity index (χ0v) is 16.9. The van der Waals surface area contributed by atoms with Crippen molar-refractivity contribution in [1.82, 2.24) is 5.32 Å². The van der Waals surface area contributed by atoms with Crippen LogP contribution in [0.15, 0.2) is 52.9 Å². The molecule has 0 aromatic heterocycles. The van der Waals surface area contributed by atoms with Gasteiger partial charge in [0.15, 0.2) is 11.5 Å². The zero-order valence-electron chi connectivity index (χ0n) is 16.1. The number of rotatable bonds is 8. The topological polar surface area (TPSA) is 108 Å². The number of primary sulfonamides is 1. The Morgan fingerprint density at radius 2 is 1.71 bits per heavy atom. The smallest absolute Gasteiger partial charge is 0.246 e. The van der Waals surface area contributed by atoms with Crippen LogP contribution in [0.5, 0.6) is 11.5 Å². The minimum absolute atomic E-state index is 0.0639. The molecule has 2 rings (SSSR count). The highest BCUT2D eigenvalue weighted by Crippen LogP contribution is 2.28. The number of hydrogen-bond donors (Lipinski definition) is 2. The second-order valence-electron chi connectivity index (χ2n) is 6.14. The highest BCUT2D eigenvalue weighted by atomic mass is 32.2. The van der Waals surface area contributed by atoms with Crippen molar-refractivity contribution in [3.63, 3.8) is 0 Å². The minimum Gasteiger partial charge on any atom is -0.493 e. The van der Waals surface area contributed by atoms with Crippen molar-refractivity contribution < 1.29 is 22.7 Å². The van der Waals surface area contributed by atoms with Gasteiger partial charge in [-0.2, -0.15) is 0 Å². The average Bonchev–Trinajstić information content (AvgIpc) is 2.67. The molecule has 3 N–H and O–H groups in total. The molecule has 0 aliphatic carbocycles. The Bertz CT molecular complexity index is 967. The van der Waals surface area contributed by atoms with E-state index < -0.39 is 10.0 Å². The number of methoxy groups -OCH3 is 2. The van der Waals surface area contributed by atoms with E-state index in [0.717, 1.165) is 11.1 Å². The first-order chi connectivity index (χ1) is 13.2. The Morgan fingerprint density at radius 3 is 2.29 bits per heavy atom. The van der Waals surface area contributed by atoms with Crippen LogP contribution < -0.4 is 19.9 Å². The van der Waals surface area contributed by atoms with E-state index in [4.69, 9.17) is 14.6 Å². The first-order valence-electron chi connectivity index (χ1n) is 8.55. The summed E-state index contributed by atoms with van der Waals surface area (Å²) in [4.78, 5) is 12.3. The summed E-state index contributed by atoms with van der Waals surface area (Å²) in [5.41, 5.74) is 2.27. The molecule has 2 aromatic carbocycles. The Labute approximate surface area is 165 Å². The number of benzene rings is 2. The Hall–Kier alpha value is -2.84. The number of nitrogens with two attached hydrogens (primary N) is 1. The number of amides is 1. The van der Waals surface area contributed by atoms with Crippen LogP contribution in [0.4, 0.5) is 0 Å². The van der Waals surface area contributed by atoms with Crippen LogP contribution in [0.2, 0.25) is 0 Å². The van der Waals surface area contributed by atoms with Crippen LogP contribution in [0.25, 0.3) is 6.08 Å². The van der Waals surface area contributed by atoms with Gasteiger partial charge < -0.3 is 14.8 Å². The van der Waals surface area contributed by atoms with Crippen molar-refractivity contribution in [2.75, 3.05) is 20.8 Å². The van der Waals surface area contributed by atoms with Crippen molar-refractivity contribution in [3.05, 3.63) is 59.2 Å². The second kappa shape index (κ2) is 9.38. The molecule has 0 fully saturated rings. The number of nitrogens with one attached hydrogen (secondary N) is 1. The summed E-state index contributed by atoms with van der Waals surface area (Å²) >= 11 is 0. The predicted molar refractivity (Wildman–Crippen MR) is 108 cm³/mol. The third-order valence-corrected chi connectivity index (χ3v) is 5.03. The van der Waals surface area contributed by atoms with Gasteiger partial charge in [-0.15, -0.1) is 0 Å². The molecule has 2 aromatic rings. The van der Waals surface area contributed by atoms with E-state index in [2.05, 4.69) is 5.32 Å². The molecule has 0 saturated heterocycles. The average molecular weight is 404 g/mol. The lowest BCUT2D eigenvalue weighted by molar-refractivity contribution is -0.117. The summed E-state index contributed by atoms with van der Waals surface area (Å²) in [5.74, 6) is 1.03. The maximum Gasteiger partial charge on any atom is 0.246 e. The van der Waals surface area contributed by atoms with Gasteiger partial charge in [0.1, 0.15) is 0 Å². The number of ether oxygens (including phenoxy) is 2. The van der Waals surface area contributed by atoms with Gasteiger partial charge in [-0.25, -0.2) is 13.6 Å². The molecule has 8 heteroatoms. The van der Waals surface area contributed by atoms with Crippen LogP contribution in [-0.4, -0.2) is 35.1 Å². The molecule has 0 aliphatic rings. The van der Waals surface area contributed by atoms with E-state index in [0.29, 0.717) is 30.0 Å². The summed E-state index contributed by atoms with van der Waals surface area (Å²) in [5, 5.41) is 7.91. The van der Waals surface area contributed by atoms with Gasteiger partial charge in [0.2, 0.25) is 15.9 Å². The Morgan fingerprint density at radius 1 is 1.07 bits per heavy atom. The van der Waals surface area contributed by atoms with E-state index >= 15 is 0 Å². The van der Waals surface area contributed by atoms with Crippen LogP contribution in [0.1, 0.15) is 18.1 Å². The first kappa shape index (κ1) is 21.5. The molecule has 0 aliphatic heterocycles. The Balaban J connectivity index is 1.94. The zero-order chi connectivity index (χ0) is 20.7. The SMILES string of the molecule is COc1ccc(/C=C(\C)C(=O)NCCc2ccc(S(N)(=O)=O)cc2)cc1OC. The molecule has 0 bridgehead atoms. The predicted octanol–water partition coefficient (Wildman–Crippen LogP) is 2.11. The summed E-state index contributed by atoms with van der Waals surface area (Å²) in [6, 6.07) is 11.7. The van der Waals surface area contributed by atoms with Gasteiger partial charge in [-0.05, 0) is 54.8 Å². The van der Waals surface area contributed by atoms with Crippen molar-refractivity contribution in [1.29, 1.82) is 0 Å². The molecule has 0 unspecified atom stereocenters. The molecule has 0 atom stereocenters. The molecule has 0 heterocycles. The third kappa shape index (κ3) is 5.83. The number of carbonyl (C=O) groups is 1. The fraction of sp³-hybridized carbons (Fsp3) is 0.250. The molecular weight excluding hydrogens is 380 g/mol. The van der Waals surface area contributed by atoms with E-state index in [1.165, 1.54) is 12.1 Å². The molecule has 0 saturated carbocycles. The number of hydrogen-bond acceptors (Lipinski definition) is 5. The largest absolute Gasteiger partial charge is 0.493 e. The van der Waals surface area contributed by atoms with Crippen molar-refractivity contribution in [3.8, 4) is 11.5 Å². The van der Waals surface area contributed by atoms with Gasteiger partial charge in [0.05, 0.1) is 19.1 Å². The summed E-state index contributed by atoms with van der Waals surface area (Å²) in [6.07, 6.45) is 2.33. The summed E-state index contributed by atoms with van der Waals surface area (Å²) in [7, 11) is -0.578. The molecule has 1 amide bonds. The lowest BCUT2D eigenvalue weighted by Crippen LogP contribution is -2.26. The quantitative estimate of drug-likeness (QED) is 0.655. The maximum atomic E-state index is 12.3. The van der Waals surface area contributed by atoms with Crippen molar-refractivity contribution in [2.45, 2.75) is 18.2 Å². The fourth-order valence-corrected chi connectivity index (χ4v) is 3.08. The van der Waals surface area contributed by atoms with Gasteiger partial charge in [0, 0.05) is 12.1 Å². The Kier molecular flexibility index (Phi) is 7.19. The van der Waals surface area contributed by atoms with Crippen molar-refractivity contribution in [2.24, 2.45) is 5.14 Å². The first-order valence-corrected chi connectivity index (χ1v) is 10.1. The third-order valence-electron chi connectivity index (χ3n) is 4.10. The summed E-state index contributed by atoms with van der Waals surface area (Å²) in [6.45, 7) is 2.15. The molecular formula is C20H24N2O5S. The van der Waals surface area contributed by atoms with E-state index in [1.54, 1.807) is 51.5 Å². The van der Waals surface area contributed by atoms with Gasteiger partial charge >= 0.3 is 0 Å². The molecule has 7 nitrogen and oxygen atoms in total. The molecule has 28 heavy (non-hydrogen) atoms. The van der Waals surface area contributed by atoms with Gasteiger partial charge in [-0.1, -0.05) is 18.2 Å². The van der Waals surface area contributed by atoms with E-state index in [-0.39, 0.29) is 10.8 Å². The van der Waals surface area contributed by atoms with E-state index in [9.17, 15) is 13.2 Å². The summed E-state index contributed by atoms with van der Waals surface area (Å²) < 4.78 is 33.0. The fourth-order valence-electron chi connectivity index (χ4n) is 2.56. The maximum absolute atomic E-state index is 12.3. The number of sulfonamides is 1. The molecule has 0 spiro atoms. The minimum atomic E-state index is -3.70. The highest BCUT2D eigenvalue weighted by Gasteiger charge is 2.08. The van der Waals surface area contributed by atoms with Gasteiger partial charge in [0.25, 0.3) is 0 Å². The lowest BCUT2D eigenvalue weighted by Gasteiger charge is -2.09. The highest BCUT2D eigenvalue weighted by molar-refractivity contribution is 7.89. The van der Waals surface area contributed by atoms with Crippen LogP contribution in [0.3, 0.4) is 0 Å². The van der Waals surface area contributed by atoms with Crippen LogP contribution in [0, 0.1) is 0 Å². The monoisotopic (exact) mass is 404 g/mol. The molecule has 150 valence electrons. The van der Waals surface area contributed by atoms with Gasteiger partial charge in [-0.3, -0.25) is 4.79 Å². The van der Waals surface area contributed by atoms with Crippen LogP contribution in [-0.2, 0) is 21.2 Å². The van der Waals surface area contributed by atoms with Crippen LogP contribution >= 0.6 is 0 Å². The van der Waals surface area contributed by atoms with Crippen molar-refractivity contribution >= 4 is 22.0 Å². The number of carbonyl (C=O) groups excluding carboxylic acids is 1.